The van der Waals surface area contributed by atoms with Gasteiger partial charge in [-0.3, -0.25) is 14.9 Å². The SMILES string of the molecule is COc1cccc(CCN(C(=O)C(c2ccccc2)c2ccccc2)[C@@H](CCCN)C(=O)NC(N)=N[N+](=O)[O-])c1. The maximum atomic E-state index is 14.5. The normalized spacial score (nSPS) is 12.0. The van der Waals surface area contributed by atoms with Gasteiger partial charge >= 0.3 is 0 Å². The first-order chi connectivity index (χ1) is 19.3. The summed E-state index contributed by atoms with van der Waals surface area (Å²) in [4.78, 5) is 40.2. The van der Waals surface area contributed by atoms with Gasteiger partial charge in [0, 0.05) is 6.54 Å². The van der Waals surface area contributed by atoms with Crippen molar-refractivity contribution in [3.05, 3.63) is 112 Å². The third-order valence-electron chi connectivity index (χ3n) is 6.37. The first-order valence-corrected chi connectivity index (χ1v) is 12.9. The van der Waals surface area contributed by atoms with Gasteiger partial charge in [-0.2, -0.15) is 0 Å². The number of methoxy groups -OCH3 is 1. The maximum absolute atomic E-state index is 14.5. The Labute approximate surface area is 233 Å². The van der Waals surface area contributed by atoms with Crippen molar-refractivity contribution in [2.24, 2.45) is 16.6 Å². The first kappa shape index (κ1) is 29.8. The zero-order valence-corrected chi connectivity index (χ0v) is 22.3. The van der Waals surface area contributed by atoms with Crippen LogP contribution in [-0.4, -0.2) is 53.9 Å². The summed E-state index contributed by atoms with van der Waals surface area (Å²) in [6.45, 7) is 0.456. The molecule has 0 heterocycles. The van der Waals surface area contributed by atoms with Gasteiger partial charge in [-0.1, -0.05) is 72.8 Å². The molecule has 0 aromatic heterocycles. The van der Waals surface area contributed by atoms with Gasteiger partial charge in [0.25, 0.3) is 5.96 Å². The molecule has 5 N–H and O–H groups in total. The Morgan fingerprint density at radius 3 is 2.20 bits per heavy atom. The number of carbonyl (C=O) groups is 2. The molecule has 1 atom stereocenters. The monoisotopic (exact) mass is 546 g/mol. The molecule has 0 saturated heterocycles. The summed E-state index contributed by atoms with van der Waals surface area (Å²) in [6.07, 6.45) is 1.06. The van der Waals surface area contributed by atoms with E-state index < -0.39 is 28.9 Å². The second-order valence-electron chi connectivity index (χ2n) is 9.05. The Hall–Kier alpha value is -4.77. The molecule has 0 aliphatic heterocycles. The van der Waals surface area contributed by atoms with Crippen LogP contribution in [0.1, 0.15) is 35.4 Å². The van der Waals surface area contributed by atoms with E-state index in [0.29, 0.717) is 18.6 Å². The number of nitrogens with zero attached hydrogens (tertiary/aromatic N) is 3. The van der Waals surface area contributed by atoms with E-state index in [0.717, 1.165) is 16.7 Å². The minimum absolute atomic E-state index is 0.178. The van der Waals surface area contributed by atoms with Crippen LogP contribution in [-0.2, 0) is 16.0 Å². The van der Waals surface area contributed by atoms with E-state index in [-0.39, 0.29) is 25.4 Å². The molecular weight excluding hydrogens is 512 g/mol. The van der Waals surface area contributed by atoms with E-state index in [1.807, 2.05) is 84.9 Å². The molecule has 0 spiro atoms. The van der Waals surface area contributed by atoms with Crippen molar-refractivity contribution in [2.45, 2.75) is 31.2 Å². The van der Waals surface area contributed by atoms with Gasteiger partial charge in [0.05, 0.1) is 13.0 Å². The number of nitrogens with two attached hydrogens (primary N) is 2. The van der Waals surface area contributed by atoms with Gasteiger partial charge in [-0.25, -0.2) is 10.1 Å². The summed E-state index contributed by atoms with van der Waals surface area (Å²) in [5.41, 5.74) is 13.8. The van der Waals surface area contributed by atoms with Crippen LogP contribution in [0, 0.1) is 10.1 Å². The zero-order valence-electron chi connectivity index (χ0n) is 22.3. The van der Waals surface area contributed by atoms with E-state index in [4.69, 9.17) is 16.2 Å². The van der Waals surface area contributed by atoms with Crippen molar-refractivity contribution < 1.29 is 19.4 Å². The van der Waals surface area contributed by atoms with Gasteiger partial charge < -0.3 is 21.1 Å². The largest absolute Gasteiger partial charge is 0.497 e. The van der Waals surface area contributed by atoms with E-state index in [2.05, 4.69) is 10.4 Å². The summed E-state index contributed by atoms with van der Waals surface area (Å²) < 4.78 is 5.34. The molecule has 3 aromatic carbocycles. The van der Waals surface area contributed by atoms with Crippen molar-refractivity contribution in [3.63, 3.8) is 0 Å². The number of nitro groups is 1. The Morgan fingerprint density at radius 2 is 1.65 bits per heavy atom. The van der Waals surface area contributed by atoms with Crippen molar-refractivity contribution in [1.82, 2.24) is 10.2 Å². The molecular formula is C29H34N6O5. The highest BCUT2D eigenvalue weighted by atomic mass is 16.7. The Kier molecular flexibility index (Phi) is 11.2. The highest BCUT2D eigenvalue weighted by Gasteiger charge is 2.35. The number of rotatable bonds is 13. The minimum Gasteiger partial charge on any atom is -0.497 e. The van der Waals surface area contributed by atoms with Crippen molar-refractivity contribution >= 4 is 17.8 Å². The summed E-state index contributed by atoms with van der Waals surface area (Å²) >= 11 is 0. The molecule has 11 nitrogen and oxygen atoms in total. The first-order valence-electron chi connectivity index (χ1n) is 12.9. The maximum Gasteiger partial charge on any atom is 0.272 e. The molecule has 3 aromatic rings. The van der Waals surface area contributed by atoms with Crippen molar-refractivity contribution in [3.8, 4) is 5.75 Å². The Morgan fingerprint density at radius 1 is 1.02 bits per heavy atom. The predicted molar refractivity (Wildman–Crippen MR) is 152 cm³/mol. The lowest BCUT2D eigenvalue weighted by atomic mass is 9.89. The third kappa shape index (κ3) is 8.37. The molecule has 0 unspecified atom stereocenters. The molecule has 2 amide bonds. The van der Waals surface area contributed by atoms with E-state index in [1.165, 1.54) is 4.90 Å². The van der Waals surface area contributed by atoms with Crippen molar-refractivity contribution in [1.29, 1.82) is 0 Å². The lowest BCUT2D eigenvalue weighted by molar-refractivity contribution is -0.485. The predicted octanol–water partition coefficient (Wildman–Crippen LogP) is 2.63. The molecule has 3 rings (SSSR count). The lowest BCUT2D eigenvalue weighted by Crippen LogP contribution is -2.54. The van der Waals surface area contributed by atoms with Crippen LogP contribution < -0.4 is 21.5 Å². The van der Waals surface area contributed by atoms with Gasteiger partial charge in [-0.05, 0) is 54.6 Å². The van der Waals surface area contributed by atoms with Gasteiger partial charge in [-0.15, -0.1) is 0 Å². The number of guanidine groups is 1. The molecule has 0 radical (unpaired) electrons. The van der Waals surface area contributed by atoms with Crippen LogP contribution in [0.3, 0.4) is 0 Å². The molecule has 0 aliphatic rings. The summed E-state index contributed by atoms with van der Waals surface area (Å²) in [5, 5.41) is 15.0. The molecule has 0 fully saturated rings. The number of amides is 2. The summed E-state index contributed by atoms with van der Waals surface area (Å²) in [6, 6.07) is 25.1. The van der Waals surface area contributed by atoms with Crippen LogP contribution in [0.25, 0.3) is 0 Å². The van der Waals surface area contributed by atoms with Crippen LogP contribution >= 0.6 is 0 Å². The number of carbonyl (C=O) groups excluding carboxylic acids is 2. The molecule has 210 valence electrons. The Balaban J connectivity index is 2.06. The number of hydrazone groups is 1. The highest BCUT2D eigenvalue weighted by Crippen LogP contribution is 2.29. The number of hydrogen-bond acceptors (Lipinski definition) is 6. The van der Waals surface area contributed by atoms with Gasteiger partial charge in [0.15, 0.2) is 5.03 Å². The summed E-state index contributed by atoms with van der Waals surface area (Å²) in [7, 11) is 1.57. The third-order valence-corrected chi connectivity index (χ3v) is 6.37. The van der Waals surface area contributed by atoms with Crippen LogP contribution in [0.15, 0.2) is 90.0 Å². The second-order valence-corrected chi connectivity index (χ2v) is 9.05. The highest BCUT2D eigenvalue weighted by molar-refractivity contribution is 6.00. The fourth-order valence-corrected chi connectivity index (χ4v) is 4.49. The van der Waals surface area contributed by atoms with E-state index in [9.17, 15) is 19.7 Å². The molecule has 11 heteroatoms. The fraction of sp³-hybridized carbons (Fsp3) is 0.276. The van der Waals surface area contributed by atoms with Crippen molar-refractivity contribution in [2.75, 3.05) is 20.2 Å². The molecule has 0 aliphatic carbocycles. The topological polar surface area (TPSA) is 166 Å². The average Bonchev–Trinajstić information content (AvgIpc) is 2.95. The van der Waals surface area contributed by atoms with Gasteiger partial charge in [0.2, 0.25) is 11.8 Å². The van der Waals surface area contributed by atoms with Crippen LogP contribution in [0.5, 0.6) is 5.75 Å². The zero-order chi connectivity index (χ0) is 28.9. The van der Waals surface area contributed by atoms with E-state index >= 15 is 0 Å². The molecule has 40 heavy (non-hydrogen) atoms. The van der Waals surface area contributed by atoms with Crippen LogP contribution in [0.4, 0.5) is 0 Å². The number of benzene rings is 3. The Bertz CT molecular complexity index is 1260. The van der Waals surface area contributed by atoms with E-state index in [1.54, 1.807) is 7.11 Å². The number of nitrogens with one attached hydrogen (secondary N) is 1. The van der Waals surface area contributed by atoms with Gasteiger partial charge in [0.1, 0.15) is 16.9 Å². The minimum atomic E-state index is -1.02. The average molecular weight is 547 g/mol. The van der Waals surface area contributed by atoms with Crippen LogP contribution in [0.2, 0.25) is 0 Å². The molecule has 0 saturated carbocycles. The second kappa shape index (κ2) is 15.0. The molecule has 0 bridgehead atoms. The number of ether oxygens (including phenoxy) is 1. The standard InChI is InChI=1S/C29H34N6O5/c1-40-24-15-8-10-21(20-24)17-19-34(25(16-9-18-30)27(36)32-29(31)33-35(38)39)28(37)26(22-11-4-2-5-12-22)23-13-6-3-7-14-23/h2-8,10-15,20,25-26H,9,16-19,30H2,1H3,(H3,31,32,33,36)/t25-/m0/s1. The number of hydrogen-bond donors (Lipinski definition) is 3. The smallest absolute Gasteiger partial charge is 0.272 e. The quantitative estimate of drug-likeness (QED) is 0.128. The summed E-state index contributed by atoms with van der Waals surface area (Å²) in [5.74, 6) is -1.69. The lowest BCUT2D eigenvalue weighted by Gasteiger charge is -2.34. The fourth-order valence-electron chi connectivity index (χ4n) is 4.49.